The van der Waals surface area contributed by atoms with E-state index in [9.17, 15) is 4.79 Å². The number of aliphatic imine (C=N–C) groups is 2. The van der Waals surface area contributed by atoms with Crippen LogP contribution in [0.25, 0.3) is 0 Å². The molecule has 0 radical (unpaired) electrons. The summed E-state index contributed by atoms with van der Waals surface area (Å²) in [4.78, 5) is 24.1. The van der Waals surface area contributed by atoms with E-state index in [1.54, 1.807) is 11.9 Å². The van der Waals surface area contributed by atoms with Crippen molar-refractivity contribution in [1.82, 2.24) is 9.21 Å². The van der Waals surface area contributed by atoms with Gasteiger partial charge in [-0.25, -0.2) is 4.31 Å². The predicted molar refractivity (Wildman–Crippen MR) is 147 cm³/mol. The Morgan fingerprint density at radius 2 is 1.88 bits per heavy atom. The molecule has 0 aromatic heterocycles. The molecular formula is C27H44N4O2S. The highest BCUT2D eigenvalue weighted by atomic mass is 32.2. The smallest absolute Gasteiger partial charge is 0.321 e. The predicted octanol–water partition coefficient (Wildman–Crippen LogP) is 6.23. The van der Waals surface area contributed by atoms with Crippen LogP contribution in [0.15, 0.2) is 51.4 Å². The van der Waals surface area contributed by atoms with E-state index in [0.29, 0.717) is 13.2 Å². The van der Waals surface area contributed by atoms with Crippen LogP contribution >= 0.6 is 11.9 Å². The normalized spacial score (nSPS) is 18.1. The second-order valence-electron chi connectivity index (χ2n) is 8.58. The second kappa shape index (κ2) is 17.3. The molecule has 2 aliphatic rings. The Balaban J connectivity index is 0.000000872. The lowest BCUT2D eigenvalue weighted by atomic mass is 10.1. The number of carbonyl (C=O) groups excluding carboxylic acids is 1. The van der Waals surface area contributed by atoms with Crippen LogP contribution in [0.5, 0.6) is 0 Å². The van der Waals surface area contributed by atoms with E-state index in [1.165, 1.54) is 5.56 Å². The van der Waals surface area contributed by atoms with E-state index >= 15 is 0 Å². The van der Waals surface area contributed by atoms with Gasteiger partial charge in [-0.2, -0.15) is 0 Å². The zero-order valence-corrected chi connectivity index (χ0v) is 22.9. The SMILES string of the molecule is CC.CC(C)C.CCCN(CC(=O)OCC)Sc1ccc(CN2C=NC3C=CN=CC2C3)cc1. The Kier molecular flexibility index (Phi) is 15.3. The maximum absolute atomic E-state index is 11.8. The van der Waals surface area contributed by atoms with Crippen molar-refractivity contribution in [3.8, 4) is 0 Å². The van der Waals surface area contributed by atoms with Crippen LogP contribution < -0.4 is 0 Å². The Bertz CT molecular complexity index is 775. The van der Waals surface area contributed by atoms with Crippen LogP contribution in [0.4, 0.5) is 0 Å². The van der Waals surface area contributed by atoms with Crippen molar-refractivity contribution in [3.05, 3.63) is 42.1 Å². The van der Waals surface area contributed by atoms with Crippen LogP contribution in [0.1, 0.15) is 66.9 Å². The first-order valence-electron chi connectivity index (χ1n) is 12.6. The van der Waals surface area contributed by atoms with Gasteiger partial charge in [0.25, 0.3) is 0 Å². The van der Waals surface area contributed by atoms with E-state index < -0.39 is 0 Å². The third-order valence-corrected chi connectivity index (χ3v) is 5.63. The number of rotatable bonds is 9. The first-order chi connectivity index (χ1) is 16.4. The fraction of sp³-hybridized carbons (Fsp3) is 0.593. The summed E-state index contributed by atoms with van der Waals surface area (Å²) in [6.07, 6.45) is 9.81. The van der Waals surface area contributed by atoms with Gasteiger partial charge in [0.05, 0.1) is 25.0 Å². The fourth-order valence-corrected chi connectivity index (χ4v) is 4.20. The number of fused-ring (bicyclic) bond motifs is 2. The van der Waals surface area contributed by atoms with Crippen molar-refractivity contribution >= 4 is 30.5 Å². The maximum atomic E-state index is 11.8. The van der Waals surface area contributed by atoms with Crippen molar-refractivity contribution < 1.29 is 9.53 Å². The van der Waals surface area contributed by atoms with Gasteiger partial charge in [-0.15, -0.1) is 0 Å². The second-order valence-corrected chi connectivity index (χ2v) is 9.75. The fourth-order valence-electron chi connectivity index (χ4n) is 3.20. The van der Waals surface area contributed by atoms with Crippen LogP contribution in [0.2, 0.25) is 0 Å². The molecular weight excluding hydrogens is 444 g/mol. The molecule has 34 heavy (non-hydrogen) atoms. The maximum Gasteiger partial charge on any atom is 0.321 e. The van der Waals surface area contributed by atoms with E-state index in [-0.39, 0.29) is 18.1 Å². The molecule has 0 fully saturated rings. The molecule has 2 aliphatic heterocycles. The molecule has 2 atom stereocenters. The minimum absolute atomic E-state index is 0.178. The number of nitrogens with zero attached hydrogens (tertiary/aromatic N) is 4. The van der Waals surface area contributed by atoms with E-state index in [4.69, 9.17) is 4.74 Å². The van der Waals surface area contributed by atoms with Gasteiger partial charge in [0.15, 0.2) is 0 Å². The summed E-state index contributed by atoms with van der Waals surface area (Å²) in [6, 6.07) is 9.04. The lowest BCUT2D eigenvalue weighted by Gasteiger charge is -2.32. The Morgan fingerprint density at radius 1 is 1.21 bits per heavy atom. The molecule has 1 aromatic carbocycles. The van der Waals surface area contributed by atoms with Crippen molar-refractivity contribution in [1.29, 1.82) is 0 Å². The molecule has 3 rings (SSSR count). The standard InChI is InChI=1S/C21H28N4O2S.C4H10.C2H6/c1-3-11-25(15-21(26)27-4-2)28-20-7-5-17(6-8-20)14-24-16-23-18-9-10-22-13-19(24)12-18;1-4(2)3;1-2/h5-10,13,16,18-19H,3-4,11-12,14-15H2,1-2H3;4H,1-3H3;1-2H3. The summed E-state index contributed by atoms with van der Waals surface area (Å²) in [5.74, 6) is 0.655. The summed E-state index contributed by atoms with van der Waals surface area (Å²) >= 11 is 1.60. The zero-order chi connectivity index (χ0) is 25.3. The number of hydrogen-bond acceptors (Lipinski definition) is 7. The third-order valence-electron chi connectivity index (χ3n) is 4.57. The van der Waals surface area contributed by atoms with E-state index in [0.717, 1.165) is 36.7 Å². The Morgan fingerprint density at radius 3 is 2.50 bits per heavy atom. The highest BCUT2D eigenvalue weighted by Gasteiger charge is 2.23. The average Bonchev–Trinajstić information content (AvgIpc) is 3.00. The highest BCUT2D eigenvalue weighted by Crippen LogP contribution is 2.24. The van der Waals surface area contributed by atoms with Crippen LogP contribution in [0.3, 0.4) is 0 Å². The van der Waals surface area contributed by atoms with Gasteiger partial charge in [0.2, 0.25) is 0 Å². The van der Waals surface area contributed by atoms with Crippen LogP contribution in [0, 0.1) is 5.92 Å². The number of hydrogen-bond donors (Lipinski definition) is 0. The minimum Gasteiger partial charge on any atom is -0.465 e. The molecule has 0 N–H and O–H groups in total. The first kappa shape index (κ1) is 29.9. The summed E-state index contributed by atoms with van der Waals surface area (Å²) in [7, 11) is 0. The molecule has 2 heterocycles. The molecule has 0 amide bonds. The van der Waals surface area contributed by atoms with Gasteiger partial charge in [0, 0.05) is 30.4 Å². The van der Waals surface area contributed by atoms with Crippen molar-refractivity contribution in [2.45, 2.75) is 84.8 Å². The molecule has 190 valence electrons. The van der Waals surface area contributed by atoms with Crippen LogP contribution in [-0.4, -0.2) is 59.5 Å². The van der Waals surface area contributed by atoms with Gasteiger partial charge in [-0.3, -0.25) is 14.8 Å². The molecule has 6 nitrogen and oxygen atoms in total. The lowest BCUT2D eigenvalue weighted by molar-refractivity contribution is -0.143. The molecule has 0 aliphatic carbocycles. The summed E-state index contributed by atoms with van der Waals surface area (Å²) in [6.45, 7) is 16.8. The number of carbonyl (C=O) groups is 1. The quantitative estimate of drug-likeness (QED) is 0.305. The largest absolute Gasteiger partial charge is 0.465 e. The van der Waals surface area contributed by atoms with E-state index in [2.05, 4.69) is 77.2 Å². The average molecular weight is 489 g/mol. The third kappa shape index (κ3) is 11.8. The van der Waals surface area contributed by atoms with Gasteiger partial charge in [-0.05, 0) is 61.4 Å². The molecule has 0 saturated heterocycles. The van der Waals surface area contributed by atoms with E-state index in [1.807, 2.05) is 39.5 Å². The first-order valence-corrected chi connectivity index (χ1v) is 13.3. The molecule has 1 aromatic rings. The van der Waals surface area contributed by atoms with Crippen molar-refractivity contribution in [2.75, 3.05) is 19.7 Å². The zero-order valence-electron chi connectivity index (χ0n) is 22.1. The summed E-state index contributed by atoms with van der Waals surface area (Å²) in [5.41, 5.74) is 1.23. The number of benzene rings is 1. The topological polar surface area (TPSA) is 57.5 Å². The molecule has 2 unspecified atom stereocenters. The van der Waals surface area contributed by atoms with Crippen molar-refractivity contribution in [2.24, 2.45) is 15.9 Å². The summed E-state index contributed by atoms with van der Waals surface area (Å²) in [5, 5.41) is 0. The van der Waals surface area contributed by atoms with Gasteiger partial charge >= 0.3 is 5.97 Å². The van der Waals surface area contributed by atoms with Gasteiger partial charge < -0.3 is 9.64 Å². The lowest BCUT2D eigenvalue weighted by Crippen LogP contribution is -2.40. The minimum atomic E-state index is -0.178. The molecule has 0 saturated carbocycles. The van der Waals surface area contributed by atoms with Gasteiger partial charge in [-0.1, -0.05) is 53.7 Å². The summed E-state index contributed by atoms with van der Waals surface area (Å²) < 4.78 is 7.13. The monoisotopic (exact) mass is 488 g/mol. The molecule has 7 heteroatoms. The molecule has 0 spiro atoms. The molecule has 2 bridgehead atoms. The highest BCUT2D eigenvalue weighted by molar-refractivity contribution is 7.97. The number of ether oxygens (including phenoxy) is 1. The number of esters is 1. The van der Waals surface area contributed by atoms with Crippen LogP contribution in [-0.2, 0) is 16.1 Å². The van der Waals surface area contributed by atoms with Crippen molar-refractivity contribution in [3.63, 3.8) is 0 Å². The van der Waals surface area contributed by atoms with Gasteiger partial charge in [0.1, 0.15) is 6.54 Å². The Labute approximate surface area is 211 Å². The Hall–Kier alpha value is -2.12.